The maximum Gasteiger partial charge on any atom is 0.141 e. The third kappa shape index (κ3) is 4.92. The molecule has 0 aliphatic carbocycles. The maximum absolute atomic E-state index is 8.75. The number of hydrogen-bond donors (Lipinski definition) is 3. The van der Waals surface area contributed by atoms with Crippen LogP contribution >= 0.6 is 0 Å². The van der Waals surface area contributed by atoms with Crippen molar-refractivity contribution in [3.05, 3.63) is 54.4 Å². The quantitative estimate of drug-likeness (QED) is 0.227. The number of aromatic nitrogens is 2. The van der Waals surface area contributed by atoms with Gasteiger partial charge in [-0.15, -0.1) is 0 Å². The predicted octanol–water partition coefficient (Wildman–Crippen LogP) is 1.74. The molecular weight excluding hydrogens is 266 g/mol. The number of benzene rings is 1. The first-order valence-electron chi connectivity index (χ1n) is 7.01. The number of oxime groups is 1. The van der Waals surface area contributed by atoms with Crippen molar-refractivity contribution in [3.8, 4) is 0 Å². The summed E-state index contributed by atoms with van der Waals surface area (Å²) in [5.41, 5.74) is 6.77. The van der Waals surface area contributed by atoms with Gasteiger partial charge in [-0.3, -0.25) is 4.68 Å². The molecule has 0 fully saturated rings. The number of hydrogen-bond acceptors (Lipinski definition) is 4. The van der Waals surface area contributed by atoms with Crippen LogP contribution in [0.15, 0.2) is 53.9 Å². The van der Waals surface area contributed by atoms with Crippen LogP contribution in [0.2, 0.25) is 0 Å². The zero-order valence-electron chi connectivity index (χ0n) is 11.9. The normalized spacial score (nSPS) is 13.2. The minimum absolute atomic E-state index is 0.0414. The van der Waals surface area contributed by atoms with Crippen LogP contribution in [-0.4, -0.2) is 27.4 Å². The van der Waals surface area contributed by atoms with E-state index in [0.717, 1.165) is 25.1 Å². The standard InChI is InChI=1S/C15H21N5O/c16-15(19-21)12-14(13-6-2-1-3-7-13)17-8-4-10-20-11-5-9-18-20/h1-3,5-7,9,11,14,17,21H,4,8,10,12H2,(H2,16,19). The summed E-state index contributed by atoms with van der Waals surface area (Å²) in [7, 11) is 0. The van der Waals surface area contributed by atoms with Crippen molar-refractivity contribution in [2.75, 3.05) is 6.54 Å². The van der Waals surface area contributed by atoms with Crippen molar-refractivity contribution in [2.45, 2.75) is 25.4 Å². The Hall–Kier alpha value is -2.34. The van der Waals surface area contributed by atoms with Crippen LogP contribution in [0.5, 0.6) is 0 Å². The summed E-state index contributed by atoms with van der Waals surface area (Å²) in [4.78, 5) is 0. The van der Waals surface area contributed by atoms with Gasteiger partial charge in [-0.05, 0) is 24.6 Å². The van der Waals surface area contributed by atoms with Gasteiger partial charge in [-0.2, -0.15) is 5.10 Å². The number of aryl methyl sites for hydroxylation is 1. The molecule has 0 bridgehead atoms. The predicted molar refractivity (Wildman–Crippen MR) is 82.1 cm³/mol. The topological polar surface area (TPSA) is 88.5 Å². The molecule has 112 valence electrons. The molecule has 0 aliphatic rings. The third-order valence-corrected chi connectivity index (χ3v) is 3.26. The average molecular weight is 287 g/mol. The lowest BCUT2D eigenvalue weighted by molar-refractivity contribution is 0.315. The van der Waals surface area contributed by atoms with E-state index in [1.165, 1.54) is 0 Å². The summed E-state index contributed by atoms with van der Waals surface area (Å²) < 4.78 is 1.91. The minimum atomic E-state index is 0.0414. The Kier molecular flexibility index (Phi) is 5.78. The van der Waals surface area contributed by atoms with Crippen LogP contribution < -0.4 is 11.1 Å². The van der Waals surface area contributed by atoms with E-state index in [1.54, 1.807) is 6.20 Å². The van der Waals surface area contributed by atoms with E-state index in [0.29, 0.717) is 6.42 Å². The highest BCUT2D eigenvalue weighted by molar-refractivity contribution is 5.80. The molecule has 1 aromatic carbocycles. The van der Waals surface area contributed by atoms with E-state index < -0.39 is 0 Å². The van der Waals surface area contributed by atoms with Gasteiger partial charge < -0.3 is 16.3 Å². The lowest BCUT2D eigenvalue weighted by Crippen LogP contribution is -2.28. The van der Waals surface area contributed by atoms with Gasteiger partial charge in [0.2, 0.25) is 0 Å². The molecule has 4 N–H and O–H groups in total. The highest BCUT2D eigenvalue weighted by atomic mass is 16.4. The van der Waals surface area contributed by atoms with Crippen LogP contribution in [0.4, 0.5) is 0 Å². The molecule has 6 heteroatoms. The first-order valence-corrected chi connectivity index (χ1v) is 7.01. The van der Waals surface area contributed by atoms with E-state index in [9.17, 15) is 0 Å². The van der Waals surface area contributed by atoms with Crippen LogP contribution in [0.25, 0.3) is 0 Å². The molecular formula is C15H21N5O. The van der Waals surface area contributed by atoms with Crippen molar-refractivity contribution in [1.29, 1.82) is 0 Å². The molecule has 1 atom stereocenters. The lowest BCUT2D eigenvalue weighted by atomic mass is 10.0. The highest BCUT2D eigenvalue weighted by Crippen LogP contribution is 2.16. The number of nitrogens with zero attached hydrogens (tertiary/aromatic N) is 3. The van der Waals surface area contributed by atoms with Gasteiger partial charge in [-0.25, -0.2) is 0 Å². The molecule has 1 unspecified atom stereocenters. The van der Waals surface area contributed by atoms with Gasteiger partial charge in [0.05, 0.1) is 0 Å². The Balaban J connectivity index is 1.87. The Labute approximate surface area is 124 Å². The fraction of sp³-hybridized carbons (Fsp3) is 0.333. The molecule has 0 aliphatic heterocycles. The molecule has 0 radical (unpaired) electrons. The van der Waals surface area contributed by atoms with Crippen molar-refractivity contribution in [2.24, 2.45) is 10.9 Å². The van der Waals surface area contributed by atoms with E-state index >= 15 is 0 Å². The molecule has 21 heavy (non-hydrogen) atoms. The molecule has 0 amide bonds. The van der Waals surface area contributed by atoms with Crippen molar-refractivity contribution in [1.82, 2.24) is 15.1 Å². The Morgan fingerprint density at radius 2 is 2.14 bits per heavy atom. The first kappa shape index (κ1) is 15.1. The zero-order valence-corrected chi connectivity index (χ0v) is 11.9. The number of amidine groups is 1. The summed E-state index contributed by atoms with van der Waals surface area (Å²) in [5.74, 6) is 0.225. The second-order valence-corrected chi connectivity index (χ2v) is 4.84. The molecule has 1 aromatic heterocycles. The fourth-order valence-electron chi connectivity index (χ4n) is 2.19. The Morgan fingerprint density at radius 1 is 1.33 bits per heavy atom. The van der Waals surface area contributed by atoms with Gasteiger partial charge >= 0.3 is 0 Å². The van der Waals surface area contributed by atoms with Gasteiger partial charge in [0.25, 0.3) is 0 Å². The summed E-state index contributed by atoms with van der Waals surface area (Å²) in [6.07, 6.45) is 5.16. The average Bonchev–Trinajstić information content (AvgIpc) is 3.04. The zero-order chi connectivity index (χ0) is 14.9. The number of rotatable bonds is 8. The molecule has 2 aromatic rings. The smallest absolute Gasteiger partial charge is 0.141 e. The van der Waals surface area contributed by atoms with E-state index in [1.807, 2.05) is 47.3 Å². The first-order chi connectivity index (χ1) is 10.3. The van der Waals surface area contributed by atoms with Crippen LogP contribution in [-0.2, 0) is 6.54 Å². The summed E-state index contributed by atoms with van der Waals surface area (Å²) in [6, 6.07) is 12.0. The highest BCUT2D eigenvalue weighted by Gasteiger charge is 2.12. The number of nitrogens with two attached hydrogens (primary N) is 1. The maximum atomic E-state index is 8.75. The molecule has 6 nitrogen and oxygen atoms in total. The third-order valence-electron chi connectivity index (χ3n) is 3.26. The van der Waals surface area contributed by atoms with Crippen molar-refractivity contribution in [3.63, 3.8) is 0 Å². The largest absolute Gasteiger partial charge is 0.409 e. The lowest BCUT2D eigenvalue weighted by Gasteiger charge is -2.18. The van der Waals surface area contributed by atoms with Crippen molar-refractivity contribution < 1.29 is 5.21 Å². The van der Waals surface area contributed by atoms with Crippen LogP contribution in [0.3, 0.4) is 0 Å². The minimum Gasteiger partial charge on any atom is -0.409 e. The second kappa shape index (κ2) is 8.06. The van der Waals surface area contributed by atoms with Crippen molar-refractivity contribution >= 4 is 5.84 Å². The van der Waals surface area contributed by atoms with E-state index in [2.05, 4.69) is 15.6 Å². The number of nitrogens with one attached hydrogen (secondary N) is 1. The molecule has 0 spiro atoms. The van der Waals surface area contributed by atoms with E-state index in [-0.39, 0.29) is 11.9 Å². The van der Waals surface area contributed by atoms with E-state index in [4.69, 9.17) is 10.9 Å². The van der Waals surface area contributed by atoms with Gasteiger partial charge in [0.1, 0.15) is 5.84 Å². The van der Waals surface area contributed by atoms with Crippen LogP contribution in [0, 0.1) is 0 Å². The Bertz CT molecular complexity index is 538. The Morgan fingerprint density at radius 3 is 2.81 bits per heavy atom. The second-order valence-electron chi connectivity index (χ2n) is 4.84. The molecule has 0 saturated heterocycles. The van der Waals surface area contributed by atoms with Crippen LogP contribution in [0.1, 0.15) is 24.4 Å². The van der Waals surface area contributed by atoms with Gasteiger partial charge in [0.15, 0.2) is 0 Å². The molecule has 2 rings (SSSR count). The fourth-order valence-corrected chi connectivity index (χ4v) is 2.19. The van der Waals surface area contributed by atoms with Gasteiger partial charge in [0, 0.05) is 31.4 Å². The SMILES string of the molecule is N/C(CC(NCCCn1cccn1)c1ccccc1)=N/O. The summed E-state index contributed by atoms with van der Waals surface area (Å²) in [6.45, 7) is 1.70. The monoisotopic (exact) mass is 287 g/mol. The summed E-state index contributed by atoms with van der Waals surface area (Å²) >= 11 is 0. The summed E-state index contributed by atoms with van der Waals surface area (Å²) in [5, 5.41) is 19.4. The molecule has 0 saturated carbocycles. The van der Waals surface area contributed by atoms with Gasteiger partial charge in [-0.1, -0.05) is 35.5 Å². The molecule has 1 heterocycles.